The van der Waals surface area contributed by atoms with Crippen LogP contribution in [0.4, 0.5) is 10.1 Å². The number of carbonyl (C=O) groups is 1. The SMILES string of the molecule is CCN(CC)S(=O)(=O)c1ccc(OCC(=O)c2ccc(OC)c(F)c2)c([N+](=O)[O-])c1. The molecule has 0 saturated carbocycles. The Labute approximate surface area is 173 Å². The standard InChI is InChI=1S/C19H21FN2O7S/c1-4-21(5-2)30(26,27)14-7-9-19(16(11-14)22(24)25)29-12-17(23)13-6-8-18(28-3)15(20)10-13/h6-11H,4-5,12H2,1-3H3. The molecule has 0 bridgehead atoms. The highest BCUT2D eigenvalue weighted by molar-refractivity contribution is 7.89. The fourth-order valence-electron chi connectivity index (χ4n) is 2.70. The van der Waals surface area contributed by atoms with Gasteiger partial charge in [0.25, 0.3) is 0 Å². The van der Waals surface area contributed by atoms with Crippen LogP contribution in [-0.2, 0) is 10.0 Å². The molecule has 0 saturated heterocycles. The third-order valence-electron chi connectivity index (χ3n) is 4.30. The fourth-order valence-corrected chi connectivity index (χ4v) is 4.18. The number of nitrogens with zero attached hydrogens (tertiary/aromatic N) is 2. The molecule has 0 aliphatic carbocycles. The van der Waals surface area contributed by atoms with Crippen molar-refractivity contribution in [2.24, 2.45) is 0 Å². The Bertz CT molecular complexity index is 1050. The van der Waals surface area contributed by atoms with Gasteiger partial charge < -0.3 is 9.47 Å². The summed E-state index contributed by atoms with van der Waals surface area (Å²) in [7, 11) is -2.62. The lowest BCUT2D eigenvalue weighted by Crippen LogP contribution is -2.30. The van der Waals surface area contributed by atoms with Gasteiger partial charge in [-0.1, -0.05) is 13.8 Å². The number of sulfonamides is 1. The number of benzene rings is 2. The Hall–Kier alpha value is -3.05. The number of Topliss-reactive ketones (excluding diaryl/α,β-unsaturated/α-hetero) is 1. The molecule has 2 rings (SSSR count). The molecule has 0 spiro atoms. The number of halogens is 1. The largest absolute Gasteiger partial charge is 0.494 e. The molecule has 30 heavy (non-hydrogen) atoms. The first-order valence-corrected chi connectivity index (χ1v) is 10.4. The number of methoxy groups -OCH3 is 1. The van der Waals surface area contributed by atoms with Crippen LogP contribution in [0.15, 0.2) is 41.3 Å². The summed E-state index contributed by atoms with van der Waals surface area (Å²) >= 11 is 0. The summed E-state index contributed by atoms with van der Waals surface area (Å²) in [5.74, 6) is -1.67. The molecule has 0 fully saturated rings. The zero-order valence-corrected chi connectivity index (χ0v) is 17.4. The maximum atomic E-state index is 13.8. The predicted molar refractivity (Wildman–Crippen MR) is 106 cm³/mol. The van der Waals surface area contributed by atoms with Crippen molar-refractivity contribution in [3.05, 3.63) is 57.9 Å². The van der Waals surface area contributed by atoms with Crippen LogP contribution in [0.25, 0.3) is 0 Å². The lowest BCUT2D eigenvalue weighted by molar-refractivity contribution is -0.386. The number of hydrogen-bond acceptors (Lipinski definition) is 7. The summed E-state index contributed by atoms with van der Waals surface area (Å²) in [6, 6.07) is 6.77. The molecule has 0 unspecified atom stereocenters. The number of nitro benzene ring substituents is 1. The highest BCUT2D eigenvalue weighted by atomic mass is 32.2. The molecule has 0 aromatic heterocycles. The van der Waals surface area contributed by atoms with Crippen molar-refractivity contribution in [2.45, 2.75) is 18.7 Å². The van der Waals surface area contributed by atoms with E-state index in [0.717, 1.165) is 22.5 Å². The number of ether oxygens (including phenoxy) is 2. The molecule has 2 aromatic rings. The molecule has 0 amide bonds. The van der Waals surface area contributed by atoms with Crippen molar-refractivity contribution in [3.8, 4) is 11.5 Å². The van der Waals surface area contributed by atoms with Gasteiger partial charge in [0.05, 0.1) is 16.9 Å². The third-order valence-corrected chi connectivity index (χ3v) is 6.35. The van der Waals surface area contributed by atoms with E-state index in [1.165, 1.54) is 25.3 Å². The molecule has 2 aromatic carbocycles. The molecule has 9 nitrogen and oxygen atoms in total. The zero-order valence-electron chi connectivity index (χ0n) is 16.6. The van der Waals surface area contributed by atoms with Crippen LogP contribution in [-0.4, -0.2) is 50.2 Å². The molecule has 0 atom stereocenters. The van der Waals surface area contributed by atoms with Crippen LogP contribution in [0.2, 0.25) is 0 Å². The van der Waals surface area contributed by atoms with E-state index in [4.69, 9.17) is 9.47 Å². The second kappa shape index (κ2) is 9.63. The van der Waals surface area contributed by atoms with Gasteiger partial charge in [-0.2, -0.15) is 4.31 Å². The second-order valence-electron chi connectivity index (χ2n) is 6.04. The normalized spacial score (nSPS) is 11.4. The maximum absolute atomic E-state index is 13.8. The smallest absolute Gasteiger partial charge is 0.312 e. The summed E-state index contributed by atoms with van der Waals surface area (Å²) in [4.78, 5) is 22.6. The van der Waals surface area contributed by atoms with Crippen LogP contribution in [0.5, 0.6) is 11.5 Å². The molecule has 0 N–H and O–H groups in total. The molecule has 0 radical (unpaired) electrons. The summed E-state index contributed by atoms with van der Waals surface area (Å²) in [6.07, 6.45) is 0. The van der Waals surface area contributed by atoms with Crippen LogP contribution in [0, 0.1) is 15.9 Å². The highest BCUT2D eigenvalue weighted by Gasteiger charge is 2.26. The molecule has 11 heteroatoms. The van der Waals surface area contributed by atoms with Gasteiger partial charge >= 0.3 is 5.69 Å². The minimum Gasteiger partial charge on any atom is -0.494 e. The minimum absolute atomic E-state index is 0.00307. The molecule has 0 aliphatic rings. The summed E-state index contributed by atoms with van der Waals surface area (Å²) in [5, 5.41) is 11.4. The van der Waals surface area contributed by atoms with Crippen molar-refractivity contribution < 1.29 is 32.0 Å². The minimum atomic E-state index is -3.91. The van der Waals surface area contributed by atoms with Crippen LogP contribution < -0.4 is 9.47 Å². The lowest BCUT2D eigenvalue weighted by Gasteiger charge is -2.18. The van der Waals surface area contributed by atoms with E-state index < -0.39 is 38.8 Å². The molecular weight excluding hydrogens is 419 g/mol. The number of rotatable bonds is 10. The highest BCUT2D eigenvalue weighted by Crippen LogP contribution is 2.31. The quantitative estimate of drug-likeness (QED) is 0.317. The monoisotopic (exact) mass is 440 g/mol. The van der Waals surface area contributed by atoms with Crippen molar-refractivity contribution in [2.75, 3.05) is 26.8 Å². The Morgan fingerprint density at radius 3 is 2.30 bits per heavy atom. The fraction of sp³-hybridized carbons (Fsp3) is 0.316. The topological polar surface area (TPSA) is 116 Å². The van der Waals surface area contributed by atoms with Crippen molar-refractivity contribution >= 4 is 21.5 Å². The van der Waals surface area contributed by atoms with Gasteiger partial charge in [0.1, 0.15) is 0 Å². The van der Waals surface area contributed by atoms with Gasteiger partial charge in [0, 0.05) is 24.7 Å². The Balaban J connectivity index is 2.27. The number of hydrogen-bond donors (Lipinski definition) is 0. The number of ketones is 1. The van der Waals surface area contributed by atoms with E-state index in [2.05, 4.69) is 0 Å². The summed E-state index contributed by atoms with van der Waals surface area (Å²) < 4.78 is 50.1. The lowest BCUT2D eigenvalue weighted by atomic mass is 10.1. The van der Waals surface area contributed by atoms with E-state index in [1.54, 1.807) is 13.8 Å². The van der Waals surface area contributed by atoms with Gasteiger partial charge in [-0.15, -0.1) is 0 Å². The van der Waals surface area contributed by atoms with Crippen molar-refractivity contribution in [3.63, 3.8) is 0 Å². The summed E-state index contributed by atoms with van der Waals surface area (Å²) in [6.45, 7) is 3.12. The number of nitro groups is 1. The van der Waals surface area contributed by atoms with Crippen molar-refractivity contribution in [1.82, 2.24) is 4.31 Å². The van der Waals surface area contributed by atoms with E-state index in [-0.39, 0.29) is 35.0 Å². The van der Waals surface area contributed by atoms with Crippen molar-refractivity contribution in [1.29, 1.82) is 0 Å². The van der Waals surface area contributed by atoms with Crippen LogP contribution in [0.1, 0.15) is 24.2 Å². The zero-order chi connectivity index (χ0) is 22.5. The Morgan fingerprint density at radius 2 is 1.77 bits per heavy atom. The van der Waals surface area contributed by atoms with Gasteiger partial charge in [0.2, 0.25) is 10.0 Å². The van der Waals surface area contributed by atoms with E-state index >= 15 is 0 Å². The average Bonchev–Trinajstić information content (AvgIpc) is 2.72. The van der Waals surface area contributed by atoms with E-state index in [0.29, 0.717) is 0 Å². The third kappa shape index (κ3) is 4.92. The first-order chi connectivity index (χ1) is 14.1. The van der Waals surface area contributed by atoms with Crippen LogP contribution in [0.3, 0.4) is 0 Å². The molecule has 162 valence electrons. The van der Waals surface area contributed by atoms with Gasteiger partial charge in [-0.25, -0.2) is 12.8 Å². The maximum Gasteiger partial charge on any atom is 0.312 e. The first-order valence-electron chi connectivity index (χ1n) is 8.93. The first kappa shape index (κ1) is 23.2. The summed E-state index contributed by atoms with van der Waals surface area (Å²) in [5.41, 5.74) is -0.603. The van der Waals surface area contributed by atoms with E-state index in [9.17, 15) is 27.7 Å². The number of carbonyl (C=O) groups excluding carboxylic acids is 1. The molecular formula is C19H21FN2O7S. The van der Waals surface area contributed by atoms with E-state index in [1.807, 2.05) is 0 Å². The molecule has 0 heterocycles. The van der Waals surface area contributed by atoms with Gasteiger partial charge in [0.15, 0.2) is 29.7 Å². The van der Waals surface area contributed by atoms with Crippen LogP contribution >= 0.6 is 0 Å². The average molecular weight is 440 g/mol. The Kier molecular flexibility index (Phi) is 7.46. The molecule has 0 aliphatic heterocycles. The predicted octanol–water partition coefficient (Wildman–Crippen LogP) is 3.03. The van der Waals surface area contributed by atoms with Gasteiger partial charge in [-0.05, 0) is 30.3 Å². The second-order valence-corrected chi connectivity index (χ2v) is 7.98. The Morgan fingerprint density at radius 1 is 1.13 bits per heavy atom. The van der Waals surface area contributed by atoms with Gasteiger partial charge in [-0.3, -0.25) is 14.9 Å².